The highest BCUT2D eigenvalue weighted by Gasteiger charge is 2.21. The summed E-state index contributed by atoms with van der Waals surface area (Å²) >= 11 is 3.10. The number of nitrogens with one attached hydrogen (secondary N) is 1. The van der Waals surface area contributed by atoms with Crippen molar-refractivity contribution in [1.82, 2.24) is 0 Å². The number of carbonyl (C=O) groups is 2. The van der Waals surface area contributed by atoms with Crippen LogP contribution in [0.1, 0.15) is 28.4 Å². The van der Waals surface area contributed by atoms with Crippen LogP contribution in [-0.2, 0) is 9.53 Å². The van der Waals surface area contributed by atoms with Gasteiger partial charge in [-0.05, 0) is 72.1 Å². The van der Waals surface area contributed by atoms with Gasteiger partial charge in [-0.25, -0.2) is 9.18 Å². The lowest BCUT2D eigenvalue weighted by Gasteiger charge is -2.15. The molecule has 0 radical (unpaired) electrons. The summed E-state index contributed by atoms with van der Waals surface area (Å²) in [5, 5.41) is 2.74. The van der Waals surface area contributed by atoms with E-state index >= 15 is 0 Å². The quantitative estimate of drug-likeness (QED) is 0.783. The van der Waals surface area contributed by atoms with Crippen molar-refractivity contribution in [3.8, 4) is 0 Å². The number of aryl methyl sites for hydroxylation is 2. The molecule has 0 unspecified atom stereocenters. The fourth-order valence-electron chi connectivity index (χ4n) is 2.04. The normalized spacial score (nSPS) is 11.7. The summed E-state index contributed by atoms with van der Waals surface area (Å²) in [5.74, 6) is -1.61. The molecule has 0 heterocycles. The molecule has 24 heavy (non-hydrogen) atoms. The predicted molar refractivity (Wildman–Crippen MR) is 93.5 cm³/mol. The first-order chi connectivity index (χ1) is 11.3. The maximum Gasteiger partial charge on any atom is 0.340 e. The first-order valence-electron chi connectivity index (χ1n) is 7.32. The van der Waals surface area contributed by atoms with Crippen LogP contribution in [0.2, 0.25) is 0 Å². The Morgan fingerprint density at radius 2 is 1.88 bits per heavy atom. The third kappa shape index (κ3) is 4.41. The topological polar surface area (TPSA) is 55.4 Å². The van der Waals surface area contributed by atoms with E-state index in [0.29, 0.717) is 5.69 Å². The molecule has 1 N–H and O–H groups in total. The van der Waals surface area contributed by atoms with Gasteiger partial charge in [0.25, 0.3) is 5.91 Å². The molecular formula is C18H17BrFNO3. The first kappa shape index (κ1) is 18.1. The van der Waals surface area contributed by atoms with E-state index in [9.17, 15) is 14.0 Å². The fourth-order valence-corrected chi connectivity index (χ4v) is 2.55. The molecule has 2 aromatic carbocycles. The fraction of sp³-hybridized carbons (Fsp3) is 0.222. The number of hydrogen-bond acceptors (Lipinski definition) is 3. The Hall–Kier alpha value is -2.21. The van der Waals surface area contributed by atoms with E-state index in [2.05, 4.69) is 21.2 Å². The molecule has 0 aliphatic carbocycles. The van der Waals surface area contributed by atoms with Crippen molar-refractivity contribution >= 4 is 33.5 Å². The maximum absolute atomic E-state index is 13.1. The largest absolute Gasteiger partial charge is 0.449 e. The van der Waals surface area contributed by atoms with E-state index in [-0.39, 0.29) is 10.0 Å². The Bertz CT molecular complexity index is 792. The van der Waals surface area contributed by atoms with Crippen molar-refractivity contribution in [1.29, 1.82) is 0 Å². The minimum atomic E-state index is -0.991. The number of amides is 1. The van der Waals surface area contributed by atoms with Gasteiger partial charge in [0, 0.05) is 10.2 Å². The van der Waals surface area contributed by atoms with Crippen LogP contribution >= 0.6 is 15.9 Å². The van der Waals surface area contributed by atoms with Gasteiger partial charge >= 0.3 is 5.97 Å². The van der Waals surface area contributed by atoms with E-state index < -0.39 is 23.8 Å². The summed E-state index contributed by atoms with van der Waals surface area (Å²) in [6, 6.07) is 9.31. The Balaban J connectivity index is 2.05. The smallest absolute Gasteiger partial charge is 0.340 e. The molecular weight excluding hydrogens is 377 g/mol. The SMILES string of the molecule is Cc1ccc(C)c(NC(=O)[C@H](C)OC(=O)c2ccc(F)cc2Br)c1. The Morgan fingerprint density at radius 3 is 2.54 bits per heavy atom. The predicted octanol–water partition coefficient (Wildman–Crippen LogP) is 4.39. The molecule has 0 aromatic heterocycles. The molecule has 0 fully saturated rings. The number of anilines is 1. The van der Waals surface area contributed by atoms with Gasteiger partial charge in [-0.3, -0.25) is 4.79 Å². The summed E-state index contributed by atoms with van der Waals surface area (Å²) in [5.41, 5.74) is 2.75. The molecule has 0 saturated carbocycles. The second kappa shape index (κ2) is 7.57. The number of hydrogen-bond donors (Lipinski definition) is 1. The van der Waals surface area contributed by atoms with Crippen molar-refractivity contribution in [3.05, 3.63) is 63.4 Å². The van der Waals surface area contributed by atoms with Crippen molar-refractivity contribution in [2.24, 2.45) is 0 Å². The molecule has 1 amide bonds. The molecule has 0 spiro atoms. The molecule has 2 aromatic rings. The summed E-state index contributed by atoms with van der Waals surface area (Å²) < 4.78 is 18.5. The summed E-state index contributed by atoms with van der Waals surface area (Å²) in [6.45, 7) is 5.28. The van der Waals surface area contributed by atoms with Crippen molar-refractivity contribution < 1.29 is 18.7 Å². The molecule has 0 aliphatic heterocycles. The lowest BCUT2D eigenvalue weighted by atomic mass is 10.1. The number of carbonyl (C=O) groups excluding carboxylic acids is 2. The second-order valence-corrected chi connectivity index (χ2v) is 6.33. The first-order valence-corrected chi connectivity index (χ1v) is 8.11. The average Bonchev–Trinajstić information content (AvgIpc) is 2.50. The average molecular weight is 394 g/mol. The van der Waals surface area contributed by atoms with E-state index in [1.54, 1.807) is 0 Å². The van der Waals surface area contributed by atoms with Crippen LogP contribution in [0.3, 0.4) is 0 Å². The van der Waals surface area contributed by atoms with Crippen molar-refractivity contribution in [3.63, 3.8) is 0 Å². The van der Waals surface area contributed by atoms with Gasteiger partial charge in [-0.1, -0.05) is 12.1 Å². The van der Waals surface area contributed by atoms with E-state index in [1.165, 1.54) is 13.0 Å². The summed E-state index contributed by atoms with van der Waals surface area (Å²) in [6.07, 6.45) is -0.991. The van der Waals surface area contributed by atoms with Crippen LogP contribution in [0.15, 0.2) is 40.9 Å². The van der Waals surface area contributed by atoms with Crippen LogP contribution < -0.4 is 5.32 Å². The van der Waals surface area contributed by atoms with Gasteiger partial charge in [0.05, 0.1) is 5.56 Å². The van der Waals surface area contributed by atoms with Crippen LogP contribution in [0.5, 0.6) is 0 Å². The Labute approximate surface area is 148 Å². The van der Waals surface area contributed by atoms with E-state index in [1.807, 2.05) is 32.0 Å². The minimum absolute atomic E-state index is 0.155. The summed E-state index contributed by atoms with van der Waals surface area (Å²) in [4.78, 5) is 24.3. The standard InChI is InChI=1S/C18H17BrFNO3/c1-10-4-5-11(2)16(8-10)21-17(22)12(3)24-18(23)14-7-6-13(20)9-15(14)19/h4-9,12H,1-3H3,(H,21,22)/t12-/m0/s1. The zero-order valence-corrected chi connectivity index (χ0v) is 15.1. The highest BCUT2D eigenvalue weighted by atomic mass is 79.9. The second-order valence-electron chi connectivity index (χ2n) is 5.48. The number of esters is 1. The highest BCUT2D eigenvalue weighted by Crippen LogP contribution is 2.20. The molecule has 0 saturated heterocycles. The minimum Gasteiger partial charge on any atom is -0.449 e. The molecule has 0 aliphatic rings. The number of ether oxygens (including phenoxy) is 1. The van der Waals surface area contributed by atoms with Gasteiger partial charge in [0.2, 0.25) is 0 Å². The van der Waals surface area contributed by atoms with Crippen molar-refractivity contribution in [2.45, 2.75) is 26.9 Å². The zero-order chi connectivity index (χ0) is 17.9. The number of benzene rings is 2. The van der Waals surface area contributed by atoms with Gasteiger partial charge in [0.15, 0.2) is 6.10 Å². The lowest BCUT2D eigenvalue weighted by molar-refractivity contribution is -0.123. The van der Waals surface area contributed by atoms with Crippen molar-refractivity contribution in [2.75, 3.05) is 5.32 Å². The summed E-state index contributed by atoms with van der Waals surface area (Å²) in [7, 11) is 0. The Morgan fingerprint density at radius 1 is 1.17 bits per heavy atom. The molecule has 0 bridgehead atoms. The van der Waals surface area contributed by atoms with Gasteiger partial charge < -0.3 is 10.1 Å². The number of halogens is 2. The van der Waals surface area contributed by atoms with E-state index in [0.717, 1.165) is 23.3 Å². The maximum atomic E-state index is 13.1. The van der Waals surface area contributed by atoms with Crippen LogP contribution in [0.25, 0.3) is 0 Å². The third-order valence-corrected chi connectivity index (χ3v) is 4.11. The molecule has 4 nitrogen and oxygen atoms in total. The number of rotatable bonds is 4. The van der Waals surface area contributed by atoms with Gasteiger partial charge in [-0.15, -0.1) is 0 Å². The molecule has 126 valence electrons. The molecule has 1 atom stereocenters. The highest BCUT2D eigenvalue weighted by molar-refractivity contribution is 9.10. The van der Waals surface area contributed by atoms with Gasteiger partial charge in [-0.2, -0.15) is 0 Å². The van der Waals surface area contributed by atoms with Crippen LogP contribution in [0, 0.1) is 19.7 Å². The third-order valence-electron chi connectivity index (χ3n) is 3.46. The lowest BCUT2D eigenvalue weighted by Crippen LogP contribution is -2.30. The molecule has 2 rings (SSSR count). The monoisotopic (exact) mass is 393 g/mol. The Kier molecular flexibility index (Phi) is 5.72. The zero-order valence-electron chi connectivity index (χ0n) is 13.5. The molecule has 6 heteroatoms. The van der Waals surface area contributed by atoms with Crippen LogP contribution in [-0.4, -0.2) is 18.0 Å². The van der Waals surface area contributed by atoms with Gasteiger partial charge in [0.1, 0.15) is 5.82 Å². The van der Waals surface area contributed by atoms with E-state index in [4.69, 9.17) is 4.74 Å². The van der Waals surface area contributed by atoms with Crippen LogP contribution in [0.4, 0.5) is 10.1 Å².